The van der Waals surface area contributed by atoms with Gasteiger partial charge in [0.25, 0.3) is 0 Å². The van der Waals surface area contributed by atoms with Gasteiger partial charge in [0.1, 0.15) is 0 Å². The molecule has 8 heteroatoms. The lowest BCUT2D eigenvalue weighted by Gasteiger charge is -2.34. The Kier molecular flexibility index (Phi) is 4.13. The number of rotatable bonds is 4. The van der Waals surface area contributed by atoms with Crippen molar-refractivity contribution in [3.05, 3.63) is 42.0 Å². The summed E-state index contributed by atoms with van der Waals surface area (Å²) in [5.74, 6) is 1.27. The van der Waals surface area contributed by atoms with Crippen molar-refractivity contribution in [2.75, 3.05) is 13.1 Å². The third-order valence-corrected chi connectivity index (χ3v) is 7.23. The predicted molar refractivity (Wildman–Crippen MR) is 91.2 cm³/mol. The molecule has 1 aromatic heterocycles. The van der Waals surface area contributed by atoms with E-state index in [1.54, 1.807) is 24.3 Å². The van der Waals surface area contributed by atoms with Crippen LogP contribution in [0.3, 0.4) is 0 Å². The number of nitrogens with two attached hydrogens (primary N) is 1. The molecule has 2 aliphatic rings. The highest BCUT2D eigenvalue weighted by atomic mass is 32.2. The summed E-state index contributed by atoms with van der Waals surface area (Å²) in [6, 6.07) is 8.55. The molecule has 0 unspecified atom stereocenters. The summed E-state index contributed by atoms with van der Waals surface area (Å²) < 4.78 is 32.3. The molecule has 0 atom stereocenters. The molecule has 1 saturated heterocycles. The summed E-state index contributed by atoms with van der Waals surface area (Å²) >= 11 is 0. The minimum absolute atomic E-state index is 0.0900. The standard InChI is InChI=1S/C17H22N4O3S/c18-17(9-4-10-17)16-19-15(24-20-16)13-7-11-21(12-8-13)25(22,23)14-5-2-1-3-6-14/h1-3,5-6,13H,4,7-12,18H2. The number of nitrogens with zero attached hydrogens (tertiary/aromatic N) is 3. The highest BCUT2D eigenvalue weighted by Crippen LogP contribution is 2.38. The first kappa shape index (κ1) is 16.7. The van der Waals surface area contributed by atoms with E-state index in [2.05, 4.69) is 10.1 Å². The van der Waals surface area contributed by atoms with E-state index in [4.69, 9.17) is 10.3 Å². The number of piperidine rings is 1. The van der Waals surface area contributed by atoms with E-state index >= 15 is 0 Å². The monoisotopic (exact) mass is 362 g/mol. The smallest absolute Gasteiger partial charge is 0.243 e. The Morgan fingerprint density at radius 1 is 1.16 bits per heavy atom. The molecule has 0 bridgehead atoms. The van der Waals surface area contributed by atoms with Crippen LogP contribution in [0.15, 0.2) is 39.8 Å². The van der Waals surface area contributed by atoms with Crippen molar-refractivity contribution >= 4 is 10.0 Å². The molecule has 0 amide bonds. The lowest BCUT2D eigenvalue weighted by Crippen LogP contribution is -2.44. The first-order valence-electron chi connectivity index (χ1n) is 8.67. The third-order valence-electron chi connectivity index (χ3n) is 5.32. The molecule has 25 heavy (non-hydrogen) atoms. The fourth-order valence-corrected chi connectivity index (χ4v) is 4.96. The molecule has 1 saturated carbocycles. The minimum Gasteiger partial charge on any atom is -0.339 e. The molecule has 1 aliphatic carbocycles. The summed E-state index contributed by atoms with van der Waals surface area (Å²) in [4.78, 5) is 4.84. The maximum atomic E-state index is 12.7. The molecule has 2 fully saturated rings. The van der Waals surface area contributed by atoms with E-state index in [9.17, 15) is 8.42 Å². The molecular formula is C17H22N4O3S. The Balaban J connectivity index is 1.43. The van der Waals surface area contributed by atoms with E-state index in [-0.39, 0.29) is 5.92 Å². The van der Waals surface area contributed by atoms with Gasteiger partial charge in [-0.1, -0.05) is 23.4 Å². The van der Waals surface area contributed by atoms with Crippen LogP contribution in [-0.2, 0) is 15.6 Å². The lowest BCUT2D eigenvalue weighted by molar-refractivity contribution is 0.227. The van der Waals surface area contributed by atoms with Crippen LogP contribution in [0.4, 0.5) is 0 Å². The maximum absolute atomic E-state index is 12.7. The molecule has 0 spiro atoms. The van der Waals surface area contributed by atoms with Gasteiger partial charge in [0, 0.05) is 19.0 Å². The van der Waals surface area contributed by atoms with E-state index in [0.29, 0.717) is 42.5 Å². The Morgan fingerprint density at radius 3 is 2.44 bits per heavy atom. The first-order valence-corrected chi connectivity index (χ1v) is 10.1. The highest BCUT2D eigenvalue weighted by molar-refractivity contribution is 7.89. The van der Waals surface area contributed by atoms with Gasteiger partial charge in [-0.25, -0.2) is 8.42 Å². The van der Waals surface area contributed by atoms with Crippen LogP contribution in [0.25, 0.3) is 0 Å². The lowest BCUT2D eigenvalue weighted by atomic mass is 9.77. The van der Waals surface area contributed by atoms with Gasteiger partial charge in [0.15, 0.2) is 5.82 Å². The minimum atomic E-state index is -3.43. The van der Waals surface area contributed by atoms with Crippen LogP contribution in [0.2, 0.25) is 0 Å². The fourth-order valence-electron chi connectivity index (χ4n) is 3.47. The maximum Gasteiger partial charge on any atom is 0.243 e. The van der Waals surface area contributed by atoms with Crippen molar-refractivity contribution in [3.63, 3.8) is 0 Å². The van der Waals surface area contributed by atoms with Gasteiger partial charge >= 0.3 is 0 Å². The summed E-state index contributed by atoms with van der Waals surface area (Å²) in [5, 5.41) is 4.06. The predicted octanol–water partition coefficient (Wildman–Crippen LogP) is 1.98. The van der Waals surface area contributed by atoms with Gasteiger partial charge in [-0.3, -0.25) is 0 Å². The third kappa shape index (κ3) is 2.98. The van der Waals surface area contributed by atoms with Crippen molar-refractivity contribution in [1.29, 1.82) is 0 Å². The van der Waals surface area contributed by atoms with Crippen LogP contribution in [-0.4, -0.2) is 36.0 Å². The summed E-state index contributed by atoms with van der Waals surface area (Å²) in [6.07, 6.45) is 4.21. The van der Waals surface area contributed by atoms with Crippen LogP contribution >= 0.6 is 0 Å². The van der Waals surface area contributed by atoms with Crippen molar-refractivity contribution < 1.29 is 12.9 Å². The molecule has 2 N–H and O–H groups in total. The zero-order valence-corrected chi connectivity index (χ0v) is 14.8. The van der Waals surface area contributed by atoms with Crippen LogP contribution in [0.1, 0.15) is 49.7 Å². The molecule has 1 aromatic carbocycles. The molecule has 7 nitrogen and oxygen atoms in total. The highest BCUT2D eigenvalue weighted by Gasteiger charge is 2.40. The number of sulfonamides is 1. The zero-order chi connectivity index (χ0) is 17.5. The van der Waals surface area contributed by atoms with Crippen LogP contribution in [0.5, 0.6) is 0 Å². The van der Waals surface area contributed by atoms with Gasteiger partial charge < -0.3 is 10.3 Å². The van der Waals surface area contributed by atoms with Crippen molar-refractivity contribution in [3.8, 4) is 0 Å². The summed E-state index contributed by atoms with van der Waals surface area (Å²) in [5.41, 5.74) is 5.81. The van der Waals surface area contributed by atoms with E-state index in [0.717, 1.165) is 19.3 Å². The summed E-state index contributed by atoms with van der Waals surface area (Å²) in [6.45, 7) is 0.904. The Morgan fingerprint density at radius 2 is 1.84 bits per heavy atom. The second-order valence-electron chi connectivity index (χ2n) is 6.96. The number of hydrogen-bond donors (Lipinski definition) is 1. The SMILES string of the molecule is NC1(c2noc(C3CCN(S(=O)(=O)c4ccccc4)CC3)n2)CCC1. The second-order valence-corrected chi connectivity index (χ2v) is 8.90. The molecule has 2 aromatic rings. The number of aromatic nitrogens is 2. The quantitative estimate of drug-likeness (QED) is 0.892. The normalized spacial score (nSPS) is 21.8. The Bertz CT molecular complexity index is 838. The second kappa shape index (κ2) is 6.19. The van der Waals surface area contributed by atoms with Crippen LogP contribution < -0.4 is 5.73 Å². The first-order chi connectivity index (χ1) is 12.0. The number of hydrogen-bond acceptors (Lipinski definition) is 6. The molecule has 134 valence electrons. The van der Waals surface area contributed by atoms with E-state index in [1.807, 2.05) is 6.07 Å². The van der Waals surface area contributed by atoms with Gasteiger partial charge in [-0.05, 0) is 44.2 Å². The van der Waals surface area contributed by atoms with Crippen molar-refractivity contribution in [2.45, 2.75) is 48.5 Å². The zero-order valence-electron chi connectivity index (χ0n) is 14.0. The molecule has 4 rings (SSSR count). The molecular weight excluding hydrogens is 340 g/mol. The van der Waals surface area contributed by atoms with Crippen molar-refractivity contribution in [1.82, 2.24) is 14.4 Å². The fraction of sp³-hybridized carbons (Fsp3) is 0.529. The van der Waals surface area contributed by atoms with Crippen LogP contribution in [0, 0.1) is 0 Å². The largest absolute Gasteiger partial charge is 0.339 e. The Hall–Kier alpha value is -1.77. The van der Waals surface area contributed by atoms with Crippen molar-refractivity contribution in [2.24, 2.45) is 5.73 Å². The molecule has 2 heterocycles. The Labute approximate surface area is 147 Å². The number of benzene rings is 1. The topological polar surface area (TPSA) is 102 Å². The molecule has 1 aliphatic heterocycles. The van der Waals surface area contributed by atoms with Gasteiger partial charge in [-0.2, -0.15) is 9.29 Å². The van der Waals surface area contributed by atoms with Gasteiger partial charge in [0.05, 0.1) is 10.4 Å². The van der Waals surface area contributed by atoms with E-state index in [1.165, 1.54) is 4.31 Å². The summed E-state index contributed by atoms with van der Waals surface area (Å²) in [7, 11) is -3.43. The van der Waals surface area contributed by atoms with Gasteiger partial charge in [0.2, 0.25) is 15.9 Å². The average Bonchev–Trinajstić information content (AvgIpc) is 3.11. The molecule has 0 radical (unpaired) electrons. The average molecular weight is 362 g/mol. The van der Waals surface area contributed by atoms with Gasteiger partial charge in [-0.15, -0.1) is 0 Å². The van der Waals surface area contributed by atoms with E-state index < -0.39 is 15.6 Å².